The summed E-state index contributed by atoms with van der Waals surface area (Å²) in [6.45, 7) is 2.50. The molecule has 0 bridgehead atoms. The van der Waals surface area contributed by atoms with Crippen molar-refractivity contribution in [2.75, 3.05) is 13.7 Å². The summed E-state index contributed by atoms with van der Waals surface area (Å²) in [5.41, 5.74) is 0. The summed E-state index contributed by atoms with van der Waals surface area (Å²) < 4.78 is 9.95. The molecule has 0 spiro atoms. The van der Waals surface area contributed by atoms with Gasteiger partial charge in [-0.05, 0) is 13.3 Å². The molecule has 7 heteroatoms. The predicted molar refractivity (Wildman–Crippen MR) is 64.5 cm³/mol. The van der Waals surface area contributed by atoms with Gasteiger partial charge in [0.2, 0.25) is 5.78 Å². The Bertz CT molecular complexity index is 342. The average molecular weight is 276 g/mol. The number of esters is 1. The number of rotatable bonds is 6. The smallest absolute Gasteiger partial charge is 0.372 e. The van der Waals surface area contributed by atoms with Gasteiger partial charge in [0.05, 0.1) is 13.2 Å². The molecule has 3 atom stereocenters. The summed E-state index contributed by atoms with van der Waals surface area (Å²) in [6, 6.07) is 0. The first kappa shape index (κ1) is 15.0. The first-order valence-electron chi connectivity index (χ1n) is 5.56. The number of carboxylic acid groups (broad SMARTS) is 1. The molecule has 18 heavy (non-hydrogen) atoms. The maximum Gasteiger partial charge on any atom is 0.372 e. The number of ether oxygens (including phenoxy) is 2. The van der Waals surface area contributed by atoms with E-state index in [1.54, 1.807) is 0 Å². The Morgan fingerprint density at radius 2 is 2.17 bits per heavy atom. The van der Waals surface area contributed by atoms with Crippen LogP contribution in [0.1, 0.15) is 19.8 Å². The van der Waals surface area contributed by atoms with Crippen LogP contribution in [0.15, 0.2) is 0 Å². The number of thioether (sulfide) groups is 1. The van der Waals surface area contributed by atoms with E-state index >= 15 is 0 Å². The number of hydrogen-bond donors (Lipinski definition) is 1. The fourth-order valence-electron chi connectivity index (χ4n) is 1.68. The molecule has 0 aromatic heterocycles. The van der Waals surface area contributed by atoms with E-state index < -0.39 is 23.0 Å². The molecule has 1 saturated heterocycles. The minimum Gasteiger partial charge on any atom is -0.476 e. The summed E-state index contributed by atoms with van der Waals surface area (Å²) >= 11 is 1.26. The Morgan fingerprint density at radius 1 is 1.50 bits per heavy atom. The molecule has 1 fully saturated rings. The molecule has 0 saturated carbocycles. The lowest BCUT2D eigenvalue weighted by Crippen LogP contribution is -2.29. The van der Waals surface area contributed by atoms with Crippen molar-refractivity contribution in [2.24, 2.45) is 0 Å². The van der Waals surface area contributed by atoms with Crippen LogP contribution in [0.25, 0.3) is 0 Å². The lowest BCUT2D eigenvalue weighted by molar-refractivity contribution is -0.150. The number of Topliss-reactive ketones (excluding diaryl/α,β-unsaturated/α-hetero) is 1. The van der Waals surface area contributed by atoms with Gasteiger partial charge in [0.1, 0.15) is 5.25 Å². The van der Waals surface area contributed by atoms with Crippen LogP contribution < -0.4 is 0 Å². The maximum absolute atomic E-state index is 11.5. The number of carboxylic acids is 1. The second-order valence-electron chi connectivity index (χ2n) is 3.98. The van der Waals surface area contributed by atoms with Crippen molar-refractivity contribution < 1.29 is 29.0 Å². The SMILES string of the molecule is COC(=O)C(CC(=O)C(=O)O)SC1CCOC1C. The quantitative estimate of drug-likeness (QED) is 0.557. The molecule has 102 valence electrons. The second kappa shape index (κ2) is 6.75. The molecule has 1 aliphatic heterocycles. The van der Waals surface area contributed by atoms with Gasteiger partial charge in [-0.15, -0.1) is 11.8 Å². The number of aliphatic carboxylic acids is 1. The summed E-state index contributed by atoms with van der Waals surface area (Å²) in [7, 11) is 1.22. The van der Waals surface area contributed by atoms with Crippen molar-refractivity contribution in [3.63, 3.8) is 0 Å². The molecule has 0 aromatic rings. The standard InChI is InChI=1S/C11H16O6S/c1-6-8(3-4-17-6)18-9(11(15)16-2)5-7(12)10(13)14/h6,8-9H,3-5H2,1-2H3,(H,13,14). The van der Waals surface area contributed by atoms with Gasteiger partial charge >= 0.3 is 11.9 Å². The van der Waals surface area contributed by atoms with Crippen LogP contribution in [0.3, 0.4) is 0 Å². The average Bonchev–Trinajstić information content (AvgIpc) is 2.72. The van der Waals surface area contributed by atoms with Crippen LogP contribution >= 0.6 is 11.8 Å². The Morgan fingerprint density at radius 3 is 2.61 bits per heavy atom. The van der Waals surface area contributed by atoms with Crippen LogP contribution in [-0.2, 0) is 23.9 Å². The Labute approximate surface area is 109 Å². The van der Waals surface area contributed by atoms with Gasteiger partial charge in [0.25, 0.3) is 0 Å². The third-order valence-corrected chi connectivity index (χ3v) is 4.38. The van der Waals surface area contributed by atoms with Gasteiger partial charge in [-0.1, -0.05) is 0 Å². The van der Waals surface area contributed by atoms with Crippen molar-refractivity contribution in [1.82, 2.24) is 0 Å². The van der Waals surface area contributed by atoms with Crippen LogP contribution in [0.2, 0.25) is 0 Å². The van der Waals surface area contributed by atoms with Crippen molar-refractivity contribution >= 4 is 29.5 Å². The van der Waals surface area contributed by atoms with Gasteiger partial charge in [0, 0.05) is 18.3 Å². The minimum atomic E-state index is -1.53. The normalized spacial score (nSPS) is 24.6. The predicted octanol–water partition coefficient (Wildman–Crippen LogP) is 0.482. The van der Waals surface area contributed by atoms with Crippen LogP contribution in [0, 0.1) is 0 Å². The first-order chi connectivity index (χ1) is 8.45. The zero-order valence-electron chi connectivity index (χ0n) is 10.3. The highest BCUT2D eigenvalue weighted by atomic mass is 32.2. The maximum atomic E-state index is 11.5. The summed E-state index contributed by atoms with van der Waals surface area (Å²) in [4.78, 5) is 33.2. The molecule has 1 rings (SSSR count). The fourth-order valence-corrected chi connectivity index (χ4v) is 3.09. The topological polar surface area (TPSA) is 89.9 Å². The van der Waals surface area contributed by atoms with E-state index in [4.69, 9.17) is 9.84 Å². The van der Waals surface area contributed by atoms with E-state index in [2.05, 4.69) is 4.74 Å². The lowest BCUT2D eigenvalue weighted by Gasteiger charge is -2.19. The van der Waals surface area contributed by atoms with Crippen molar-refractivity contribution in [1.29, 1.82) is 0 Å². The monoisotopic (exact) mass is 276 g/mol. The number of methoxy groups -OCH3 is 1. The third kappa shape index (κ3) is 3.99. The van der Waals surface area contributed by atoms with Gasteiger partial charge in [0.15, 0.2) is 0 Å². The second-order valence-corrected chi connectivity index (χ2v) is 5.43. The van der Waals surface area contributed by atoms with Crippen LogP contribution in [0.4, 0.5) is 0 Å². The van der Waals surface area contributed by atoms with E-state index in [1.807, 2.05) is 6.92 Å². The van der Waals surface area contributed by atoms with E-state index in [9.17, 15) is 14.4 Å². The molecular weight excluding hydrogens is 260 g/mol. The summed E-state index contributed by atoms with van der Waals surface area (Å²) in [6.07, 6.45) is 0.415. The van der Waals surface area contributed by atoms with E-state index in [0.717, 1.165) is 6.42 Å². The van der Waals surface area contributed by atoms with Gasteiger partial charge in [-0.2, -0.15) is 0 Å². The van der Waals surface area contributed by atoms with Crippen molar-refractivity contribution in [3.05, 3.63) is 0 Å². The number of carbonyl (C=O) groups is 3. The van der Waals surface area contributed by atoms with Crippen LogP contribution in [-0.4, -0.2) is 53.1 Å². The molecule has 6 nitrogen and oxygen atoms in total. The molecule has 0 amide bonds. The van der Waals surface area contributed by atoms with Crippen molar-refractivity contribution in [3.8, 4) is 0 Å². The molecule has 1 N–H and O–H groups in total. The summed E-state index contributed by atoms with van der Waals surface area (Å²) in [5, 5.41) is 7.86. The zero-order valence-corrected chi connectivity index (χ0v) is 11.1. The highest BCUT2D eigenvalue weighted by Gasteiger charge is 2.33. The van der Waals surface area contributed by atoms with Crippen molar-refractivity contribution in [2.45, 2.75) is 36.4 Å². The third-order valence-electron chi connectivity index (χ3n) is 2.72. The molecule has 3 unspecified atom stereocenters. The van der Waals surface area contributed by atoms with Gasteiger partial charge in [-0.3, -0.25) is 9.59 Å². The largest absolute Gasteiger partial charge is 0.476 e. The first-order valence-corrected chi connectivity index (χ1v) is 6.51. The number of ketones is 1. The van der Waals surface area contributed by atoms with Gasteiger partial charge in [-0.25, -0.2) is 4.79 Å². The fraction of sp³-hybridized carbons (Fsp3) is 0.727. The zero-order chi connectivity index (χ0) is 13.7. The highest BCUT2D eigenvalue weighted by molar-refractivity contribution is 8.01. The van der Waals surface area contributed by atoms with E-state index in [-0.39, 0.29) is 17.8 Å². The highest BCUT2D eigenvalue weighted by Crippen LogP contribution is 2.31. The molecule has 0 aliphatic carbocycles. The molecular formula is C11H16O6S. The molecule has 0 aromatic carbocycles. The minimum absolute atomic E-state index is 0.0120. The molecule has 0 radical (unpaired) electrons. The number of carbonyl (C=O) groups excluding carboxylic acids is 2. The van der Waals surface area contributed by atoms with E-state index in [1.165, 1.54) is 18.9 Å². The molecule has 1 aliphatic rings. The van der Waals surface area contributed by atoms with Crippen LogP contribution in [0.5, 0.6) is 0 Å². The number of hydrogen-bond acceptors (Lipinski definition) is 6. The Kier molecular flexibility index (Phi) is 5.61. The Balaban J connectivity index is 2.63. The summed E-state index contributed by atoms with van der Waals surface area (Å²) in [5.74, 6) is -3.08. The van der Waals surface area contributed by atoms with Gasteiger partial charge < -0.3 is 14.6 Å². The van der Waals surface area contributed by atoms with E-state index in [0.29, 0.717) is 6.61 Å². The molecule has 1 heterocycles. The lowest BCUT2D eigenvalue weighted by atomic mass is 10.2. The Hall–Kier alpha value is -1.08.